The van der Waals surface area contributed by atoms with Gasteiger partial charge in [-0.15, -0.1) is 0 Å². The fraction of sp³-hybridized carbons (Fsp3) is 0.600. The molecule has 9 heavy (non-hydrogen) atoms. The zero-order valence-electron chi connectivity index (χ0n) is 5.81. The molecule has 0 aliphatic carbocycles. The first kappa shape index (κ1) is 8.52. The Labute approximate surface area is 56.4 Å². The molecule has 0 saturated carbocycles. The van der Waals surface area contributed by atoms with Crippen LogP contribution in [0.1, 0.15) is 6.92 Å². The van der Waals surface area contributed by atoms with E-state index in [1.165, 1.54) is 0 Å². The molecule has 0 bridgehead atoms. The van der Waals surface area contributed by atoms with Crippen molar-refractivity contribution in [1.82, 2.24) is 10.5 Å². The Morgan fingerprint density at radius 3 is 2.89 bits per heavy atom. The summed E-state index contributed by atoms with van der Waals surface area (Å²) in [7, 11) is 3.52. The fourth-order valence-electron chi connectivity index (χ4n) is 0.368. The number of nitrogens with one attached hydrogen (secondary N) is 2. The molecule has 0 unspecified atom stereocenters. The van der Waals surface area contributed by atoms with Crippen molar-refractivity contribution in [2.24, 2.45) is 0 Å². The number of aliphatic hydroxyl groups excluding tert-OH is 1. The van der Waals surface area contributed by atoms with Crippen LogP contribution in [0, 0.1) is 0 Å². The van der Waals surface area contributed by atoms with Crippen LogP contribution >= 0.6 is 0 Å². The molecule has 0 atom stereocenters. The molecule has 3 nitrogen and oxygen atoms in total. The van der Waals surface area contributed by atoms with Crippen LogP contribution in [0.2, 0.25) is 0 Å². The third kappa shape index (κ3) is 7.52. The summed E-state index contributed by atoms with van der Waals surface area (Å²) in [5, 5.41) is 14.3. The lowest BCUT2D eigenvalue weighted by atomic mass is 10.2. The first-order chi connectivity index (χ1) is 4.27. The molecule has 0 aliphatic heterocycles. The summed E-state index contributed by atoms with van der Waals surface area (Å²) in [6, 6.07) is 0. The Morgan fingerprint density at radius 2 is 2.44 bits per heavy atom. The quantitative estimate of drug-likeness (QED) is 0.278. The molecule has 0 fully saturated rings. The minimum absolute atomic E-state index is 0.340. The molecular weight excluding hydrogens is 115 g/mol. The van der Waals surface area contributed by atoms with Gasteiger partial charge in [0.2, 0.25) is 0 Å². The number of aliphatic hydroxyl groups is 1. The van der Waals surface area contributed by atoms with Crippen LogP contribution in [-0.2, 0) is 0 Å². The Balaban J connectivity index is 3.00. The Bertz CT molecular complexity index is 91.0. The van der Waals surface area contributed by atoms with Gasteiger partial charge in [0.15, 0.2) is 0 Å². The third-order valence-electron chi connectivity index (χ3n) is 0.762. The fourth-order valence-corrected chi connectivity index (χ4v) is 0.368. The van der Waals surface area contributed by atoms with Crippen LogP contribution in [0.25, 0.3) is 0 Å². The van der Waals surface area contributed by atoms with Gasteiger partial charge in [-0.25, -0.2) is 0 Å². The molecule has 0 aliphatic rings. The summed E-state index contributed by atoms with van der Waals surface area (Å²) in [6.45, 7) is 2.30. The number of rotatable bonds is 4. The van der Waals surface area contributed by atoms with Gasteiger partial charge in [-0.05, 0) is 20.0 Å². The average molecular weight is 127 g/mol. The van der Waals surface area contributed by atoms with Crippen LogP contribution in [-0.4, -0.2) is 26.2 Å². The molecule has 51 valence electrons. The first-order valence-corrected chi connectivity index (χ1v) is 2.85. The van der Waals surface area contributed by atoms with Crippen molar-refractivity contribution in [2.45, 2.75) is 6.92 Å². The van der Waals surface area contributed by atoms with Crippen molar-refractivity contribution in [2.75, 3.05) is 13.6 Å². The first-order valence-electron chi connectivity index (χ1n) is 2.85. The second-order valence-corrected chi connectivity index (χ2v) is 1.69. The molecule has 3 N–H and O–H groups in total. The summed E-state index contributed by atoms with van der Waals surface area (Å²) < 4.78 is 0. The minimum Gasteiger partial charge on any atom is -0.513 e. The maximum Gasteiger partial charge on any atom is 0.307 e. The van der Waals surface area contributed by atoms with Gasteiger partial charge in [0, 0.05) is 6.54 Å². The minimum atomic E-state index is 0.340. The summed E-state index contributed by atoms with van der Waals surface area (Å²) >= 11 is 0. The van der Waals surface area contributed by atoms with Gasteiger partial charge in [-0.2, -0.15) is 0 Å². The van der Waals surface area contributed by atoms with Gasteiger partial charge in [0.25, 0.3) is 0 Å². The van der Waals surface area contributed by atoms with E-state index in [2.05, 4.69) is 10.5 Å². The molecule has 0 aromatic carbocycles. The Kier molecular flexibility index (Phi) is 5.36. The molecule has 1 radical (unpaired) electrons. The van der Waals surface area contributed by atoms with Crippen LogP contribution in [0.3, 0.4) is 0 Å². The Morgan fingerprint density at radius 1 is 1.78 bits per heavy atom. The smallest absolute Gasteiger partial charge is 0.307 e. The van der Waals surface area contributed by atoms with Crippen molar-refractivity contribution < 1.29 is 5.11 Å². The highest BCUT2D eigenvalue weighted by Gasteiger charge is 1.82. The standard InChI is InChI=1S/C5H12BN2O/c1-5(9)3-4-8-6-7-2/h3,7-9H,4H2,1-2H3/b5-3-. The van der Waals surface area contributed by atoms with E-state index in [1.807, 2.05) is 7.05 Å². The van der Waals surface area contributed by atoms with Crippen molar-refractivity contribution in [3.63, 3.8) is 0 Å². The molecule has 4 heteroatoms. The molecule has 0 saturated heterocycles. The van der Waals surface area contributed by atoms with Crippen molar-refractivity contribution >= 4 is 7.55 Å². The van der Waals surface area contributed by atoms with E-state index in [0.717, 1.165) is 0 Å². The zero-order chi connectivity index (χ0) is 7.11. The van der Waals surface area contributed by atoms with Crippen molar-refractivity contribution in [1.29, 1.82) is 0 Å². The molecule has 0 aromatic heterocycles. The van der Waals surface area contributed by atoms with E-state index in [1.54, 1.807) is 20.5 Å². The predicted octanol–water partition coefficient (Wildman–Crippen LogP) is -0.209. The van der Waals surface area contributed by atoms with Gasteiger partial charge in [0.1, 0.15) is 0 Å². The van der Waals surface area contributed by atoms with Crippen molar-refractivity contribution in [3.8, 4) is 0 Å². The van der Waals surface area contributed by atoms with Gasteiger partial charge in [0.05, 0.1) is 5.76 Å². The normalized spacial score (nSPS) is 11.6. The topological polar surface area (TPSA) is 44.3 Å². The molecule has 0 aromatic rings. The molecule has 0 spiro atoms. The molecule has 0 rings (SSSR count). The maximum absolute atomic E-state index is 8.64. The van der Waals surface area contributed by atoms with E-state index < -0.39 is 0 Å². The van der Waals surface area contributed by atoms with Crippen LogP contribution in [0.5, 0.6) is 0 Å². The summed E-state index contributed by atoms with van der Waals surface area (Å²) in [5.74, 6) is 0.340. The lowest BCUT2D eigenvalue weighted by molar-refractivity contribution is 0.412. The summed E-state index contributed by atoms with van der Waals surface area (Å²) in [5.41, 5.74) is 0. The van der Waals surface area contributed by atoms with Gasteiger partial charge >= 0.3 is 7.55 Å². The average Bonchev–Trinajstić information content (AvgIpc) is 1.80. The number of allylic oxidation sites excluding steroid dienone is 1. The predicted molar refractivity (Wildman–Crippen MR) is 39.2 cm³/mol. The number of hydrogen-bond acceptors (Lipinski definition) is 3. The Hall–Kier alpha value is -0.475. The third-order valence-corrected chi connectivity index (χ3v) is 0.762. The van der Waals surface area contributed by atoms with E-state index in [9.17, 15) is 0 Å². The molecule has 0 heterocycles. The zero-order valence-corrected chi connectivity index (χ0v) is 5.81. The van der Waals surface area contributed by atoms with Crippen LogP contribution in [0.4, 0.5) is 0 Å². The maximum atomic E-state index is 8.64. The van der Waals surface area contributed by atoms with E-state index in [4.69, 9.17) is 5.11 Å². The van der Waals surface area contributed by atoms with E-state index in [-0.39, 0.29) is 0 Å². The summed E-state index contributed by atoms with van der Waals surface area (Å²) in [4.78, 5) is 0. The van der Waals surface area contributed by atoms with Gasteiger partial charge in [-0.1, -0.05) is 0 Å². The summed E-state index contributed by atoms with van der Waals surface area (Å²) in [6.07, 6.45) is 1.69. The largest absolute Gasteiger partial charge is 0.513 e. The second kappa shape index (κ2) is 5.66. The lowest BCUT2D eigenvalue weighted by Gasteiger charge is -1.94. The highest BCUT2D eigenvalue weighted by atomic mass is 16.3. The molecule has 0 amide bonds. The number of hydrogen-bond donors (Lipinski definition) is 3. The van der Waals surface area contributed by atoms with Gasteiger partial charge < -0.3 is 15.6 Å². The SMILES string of the molecule is CN[B]NC/C=C(/C)O. The van der Waals surface area contributed by atoms with Crippen LogP contribution in [0.15, 0.2) is 11.8 Å². The lowest BCUT2D eigenvalue weighted by Crippen LogP contribution is -2.30. The van der Waals surface area contributed by atoms with Crippen molar-refractivity contribution in [3.05, 3.63) is 11.8 Å². The van der Waals surface area contributed by atoms with Crippen LogP contribution < -0.4 is 10.5 Å². The highest BCUT2D eigenvalue weighted by molar-refractivity contribution is 6.28. The van der Waals surface area contributed by atoms with E-state index in [0.29, 0.717) is 12.3 Å². The second-order valence-electron chi connectivity index (χ2n) is 1.69. The monoisotopic (exact) mass is 127 g/mol. The van der Waals surface area contributed by atoms with Gasteiger partial charge in [-0.3, -0.25) is 0 Å². The molecular formula is C5H12BN2O. The highest BCUT2D eigenvalue weighted by Crippen LogP contribution is 1.78. The van der Waals surface area contributed by atoms with E-state index >= 15 is 0 Å².